The molecular weight excluding hydrogens is 124 g/mol. The van der Waals surface area contributed by atoms with Crippen LogP contribution in [0.1, 0.15) is 19.4 Å². The fourth-order valence-corrected chi connectivity index (χ4v) is 0.701. The Morgan fingerprint density at radius 1 is 1.60 bits per heavy atom. The molecule has 10 heavy (non-hydrogen) atoms. The third-order valence-corrected chi connectivity index (χ3v) is 1.36. The first-order valence-electron chi connectivity index (χ1n) is 3.22. The average Bonchev–Trinajstić information content (AvgIpc) is 1.88. The fourth-order valence-electron chi connectivity index (χ4n) is 0.701. The van der Waals surface area contributed by atoms with E-state index in [1.54, 1.807) is 12.3 Å². The maximum absolute atomic E-state index is 5.80. The van der Waals surface area contributed by atoms with E-state index in [1.807, 2.05) is 19.9 Å². The van der Waals surface area contributed by atoms with Gasteiger partial charge in [0, 0.05) is 11.7 Å². The highest BCUT2D eigenvalue weighted by molar-refractivity contribution is 5.16. The summed E-state index contributed by atoms with van der Waals surface area (Å²) in [5.41, 5.74) is 6.55. The molecule has 0 spiro atoms. The molecule has 0 saturated carbocycles. The summed E-state index contributed by atoms with van der Waals surface area (Å²) in [6, 6.07) is 3.69. The van der Waals surface area contributed by atoms with Gasteiger partial charge in [-0.2, -0.15) is 0 Å². The molecule has 0 unspecified atom stereocenters. The molecule has 0 amide bonds. The number of pyridine rings is 1. The second-order valence-electron chi connectivity index (χ2n) is 2.90. The van der Waals surface area contributed by atoms with Crippen molar-refractivity contribution in [3.05, 3.63) is 30.1 Å². The molecule has 0 fully saturated rings. The minimum Gasteiger partial charge on any atom is -0.322 e. The Labute approximate surface area is 61.1 Å². The zero-order chi connectivity index (χ0) is 7.61. The number of hydrogen-bond donors (Lipinski definition) is 1. The minimum absolute atomic E-state index is 0.290. The van der Waals surface area contributed by atoms with E-state index in [9.17, 15) is 0 Å². The van der Waals surface area contributed by atoms with Gasteiger partial charge < -0.3 is 5.73 Å². The molecule has 0 aliphatic heterocycles. The Morgan fingerprint density at radius 2 is 2.30 bits per heavy atom. The lowest BCUT2D eigenvalue weighted by molar-refractivity contribution is 0.552. The van der Waals surface area contributed by atoms with Gasteiger partial charge in [0.15, 0.2) is 0 Å². The molecule has 2 heteroatoms. The van der Waals surface area contributed by atoms with Gasteiger partial charge in [0.25, 0.3) is 0 Å². The first-order chi connectivity index (χ1) is 4.61. The number of nitrogens with zero attached hydrogens (tertiary/aromatic N) is 1. The lowest BCUT2D eigenvalue weighted by atomic mass is 9.98. The molecule has 1 radical (unpaired) electrons. The molecule has 1 rings (SSSR count). The minimum atomic E-state index is -0.290. The van der Waals surface area contributed by atoms with Crippen molar-refractivity contribution < 1.29 is 0 Å². The highest BCUT2D eigenvalue weighted by Crippen LogP contribution is 2.13. The highest BCUT2D eigenvalue weighted by Gasteiger charge is 2.12. The summed E-state index contributed by atoms with van der Waals surface area (Å²) < 4.78 is 0. The zero-order valence-electron chi connectivity index (χ0n) is 6.26. The maximum atomic E-state index is 5.80. The molecule has 2 nitrogen and oxygen atoms in total. The second kappa shape index (κ2) is 2.39. The van der Waals surface area contributed by atoms with Gasteiger partial charge in [-0.1, -0.05) is 6.07 Å². The molecule has 53 valence electrons. The summed E-state index contributed by atoms with van der Waals surface area (Å²) >= 11 is 0. The monoisotopic (exact) mass is 135 g/mol. The van der Waals surface area contributed by atoms with Crippen LogP contribution in [0, 0.1) is 6.20 Å². The van der Waals surface area contributed by atoms with Gasteiger partial charge in [0.05, 0.1) is 6.20 Å². The van der Waals surface area contributed by atoms with E-state index in [0.29, 0.717) is 0 Å². The van der Waals surface area contributed by atoms with E-state index in [0.717, 1.165) is 5.56 Å². The highest BCUT2D eigenvalue weighted by atomic mass is 14.7. The Hall–Kier alpha value is -0.890. The third-order valence-electron chi connectivity index (χ3n) is 1.36. The smallest absolute Gasteiger partial charge is 0.0886 e. The van der Waals surface area contributed by atoms with Crippen molar-refractivity contribution in [1.82, 2.24) is 4.98 Å². The molecule has 0 atom stereocenters. The predicted octanol–water partition coefficient (Wildman–Crippen LogP) is 1.08. The van der Waals surface area contributed by atoms with Gasteiger partial charge in [-0.05, 0) is 25.5 Å². The molecule has 2 N–H and O–H groups in total. The first kappa shape index (κ1) is 7.22. The number of aromatic nitrogens is 1. The summed E-state index contributed by atoms with van der Waals surface area (Å²) in [4.78, 5) is 3.85. The van der Waals surface area contributed by atoms with Crippen molar-refractivity contribution >= 4 is 0 Å². The Morgan fingerprint density at radius 3 is 2.60 bits per heavy atom. The van der Waals surface area contributed by atoms with Gasteiger partial charge in [0.2, 0.25) is 0 Å². The molecular formula is C8H11N2. The molecule has 0 bridgehead atoms. The maximum Gasteiger partial charge on any atom is 0.0886 e. The molecule has 1 aromatic rings. The molecule has 0 aliphatic carbocycles. The van der Waals surface area contributed by atoms with Crippen molar-refractivity contribution in [2.75, 3.05) is 0 Å². The number of hydrogen-bond acceptors (Lipinski definition) is 2. The van der Waals surface area contributed by atoms with Crippen LogP contribution in [0.2, 0.25) is 0 Å². The van der Waals surface area contributed by atoms with Crippen LogP contribution in [0.4, 0.5) is 0 Å². The van der Waals surface area contributed by atoms with Crippen molar-refractivity contribution in [3.63, 3.8) is 0 Å². The van der Waals surface area contributed by atoms with E-state index < -0.39 is 0 Å². The summed E-state index contributed by atoms with van der Waals surface area (Å²) in [6.45, 7) is 3.90. The second-order valence-corrected chi connectivity index (χ2v) is 2.90. The number of nitrogens with two attached hydrogens (primary N) is 1. The van der Waals surface area contributed by atoms with Crippen molar-refractivity contribution in [2.24, 2.45) is 5.73 Å². The van der Waals surface area contributed by atoms with Crippen LogP contribution in [-0.4, -0.2) is 4.98 Å². The topological polar surface area (TPSA) is 38.9 Å². The summed E-state index contributed by atoms with van der Waals surface area (Å²) in [6.07, 6.45) is 4.44. The average molecular weight is 135 g/mol. The fraction of sp³-hybridized carbons (Fsp3) is 0.375. The van der Waals surface area contributed by atoms with E-state index in [-0.39, 0.29) is 5.54 Å². The van der Waals surface area contributed by atoms with E-state index >= 15 is 0 Å². The third kappa shape index (κ3) is 1.54. The molecule has 0 aromatic carbocycles. The summed E-state index contributed by atoms with van der Waals surface area (Å²) in [7, 11) is 0. The van der Waals surface area contributed by atoms with E-state index in [1.165, 1.54) is 0 Å². The normalized spacial score (nSPS) is 11.5. The SMILES string of the molecule is CC(C)(N)c1cc[c]nc1. The van der Waals surface area contributed by atoms with Crippen LogP contribution in [0.3, 0.4) is 0 Å². The van der Waals surface area contributed by atoms with Crippen molar-refractivity contribution in [2.45, 2.75) is 19.4 Å². The van der Waals surface area contributed by atoms with Gasteiger partial charge in [-0.3, -0.25) is 4.98 Å². The van der Waals surface area contributed by atoms with Gasteiger partial charge in [-0.25, -0.2) is 0 Å². The van der Waals surface area contributed by atoms with E-state index in [4.69, 9.17) is 5.73 Å². The summed E-state index contributed by atoms with van der Waals surface area (Å²) in [5, 5.41) is 0. The predicted molar refractivity (Wildman–Crippen MR) is 40.3 cm³/mol. The lowest BCUT2D eigenvalue weighted by Crippen LogP contribution is -2.28. The Bertz CT molecular complexity index is 198. The lowest BCUT2D eigenvalue weighted by Gasteiger charge is -2.17. The molecule has 0 aliphatic rings. The number of rotatable bonds is 1. The quantitative estimate of drug-likeness (QED) is 0.625. The zero-order valence-corrected chi connectivity index (χ0v) is 6.26. The molecule has 1 heterocycles. The summed E-state index contributed by atoms with van der Waals surface area (Å²) in [5.74, 6) is 0. The van der Waals surface area contributed by atoms with E-state index in [2.05, 4.69) is 11.2 Å². The standard InChI is InChI=1S/C8H11N2/c1-8(2,9)7-4-3-5-10-6-7/h3-4,6H,9H2,1-2H3. The Balaban J connectivity index is 2.97. The van der Waals surface area contributed by atoms with Crippen molar-refractivity contribution in [1.29, 1.82) is 0 Å². The van der Waals surface area contributed by atoms with Gasteiger partial charge in [0.1, 0.15) is 0 Å². The molecule has 1 aromatic heterocycles. The van der Waals surface area contributed by atoms with Crippen LogP contribution in [0.25, 0.3) is 0 Å². The van der Waals surface area contributed by atoms with Crippen LogP contribution >= 0.6 is 0 Å². The van der Waals surface area contributed by atoms with Crippen LogP contribution in [0.15, 0.2) is 18.3 Å². The van der Waals surface area contributed by atoms with Gasteiger partial charge >= 0.3 is 0 Å². The Kier molecular flexibility index (Phi) is 1.72. The first-order valence-corrected chi connectivity index (χ1v) is 3.22. The molecule has 0 saturated heterocycles. The van der Waals surface area contributed by atoms with Crippen LogP contribution in [0.5, 0.6) is 0 Å². The van der Waals surface area contributed by atoms with Crippen molar-refractivity contribution in [3.8, 4) is 0 Å². The largest absolute Gasteiger partial charge is 0.322 e. The van der Waals surface area contributed by atoms with Gasteiger partial charge in [-0.15, -0.1) is 0 Å². The van der Waals surface area contributed by atoms with Crippen LogP contribution in [-0.2, 0) is 5.54 Å². The van der Waals surface area contributed by atoms with Crippen LogP contribution < -0.4 is 5.73 Å².